The Hall–Kier alpha value is -2.91. The zero-order valence-electron chi connectivity index (χ0n) is 13.3. The minimum Gasteiger partial charge on any atom is -0.478 e. The molecule has 3 rings (SSSR count). The third kappa shape index (κ3) is 6.46. The average Bonchev–Trinajstić information content (AvgIpc) is 2.65. The average molecular weight is 320 g/mol. The highest BCUT2D eigenvalue weighted by Gasteiger charge is 1.96. The quantitative estimate of drug-likeness (QED) is 0.735. The smallest absolute Gasteiger partial charge is 0.335 e. The Morgan fingerprint density at radius 3 is 1.38 bits per heavy atom. The Bertz CT molecular complexity index is 670. The van der Waals surface area contributed by atoms with Gasteiger partial charge in [0.2, 0.25) is 0 Å². The van der Waals surface area contributed by atoms with Crippen molar-refractivity contribution in [3.63, 3.8) is 0 Å². The first-order chi connectivity index (χ1) is 11.8. The molecule has 0 radical (unpaired) electrons. The maximum absolute atomic E-state index is 10.2. The lowest BCUT2D eigenvalue weighted by atomic mass is 10.2. The second-order valence-electron chi connectivity index (χ2n) is 5.14. The summed E-state index contributed by atoms with van der Waals surface area (Å²) in [5, 5.41) is 8.38. The van der Waals surface area contributed by atoms with Gasteiger partial charge in [-0.15, -0.1) is 0 Å². The Morgan fingerprint density at radius 1 is 0.667 bits per heavy atom. The van der Waals surface area contributed by atoms with Crippen LogP contribution in [0.3, 0.4) is 0 Å². The molecule has 122 valence electrons. The van der Waals surface area contributed by atoms with E-state index >= 15 is 0 Å². The molecule has 24 heavy (non-hydrogen) atoms. The predicted octanol–water partition coefficient (Wildman–Crippen LogP) is 4.79. The van der Waals surface area contributed by atoms with Crippen LogP contribution in [0.1, 0.15) is 21.5 Å². The molecule has 0 atom stereocenters. The summed E-state index contributed by atoms with van der Waals surface area (Å²) in [5.41, 5.74) is 2.76. The Balaban J connectivity index is 0.000000198. The summed E-state index contributed by atoms with van der Waals surface area (Å²) in [5.74, 6) is -0.879. The monoisotopic (exact) mass is 320 g/mol. The van der Waals surface area contributed by atoms with Gasteiger partial charge < -0.3 is 9.84 Å². The van der Waals surface area contributed by atoms with E-state index in [0.717, 1.165) is 0 Å². The molecule has 3 heteroatoms. The zero-order chi connectivity index (χ0) is 17.0. The molecule has 3 nitrogen and oxygen atoms in total. The van der Waals surface area contributed by atoms with Crippen molar-refractivity contribution in [2.45, 2.75) is 13.2 Å². The van der Waals surface area contributed by atoms with Gasteiger partial charge in [-0.1, -0.05) is 78.9 Å². The van der Waals surface area contributed by atoms with E-state index in [4.69, 9.17) is 9.84 Å². The highest BCUT2D eigenvalue weighted by atomic mass is 16.5. The van der Waals surface area contributed by atoms with Crippen molar-refractivity contribution in [1.29, 1.82) is 0 Å². The van der Waals surface area contributed by atoms with E-state index in [0.29, 0.717) is 18.8 Å². The first kappa shape index (κ1) is 17.4. The van der Waals surface area contributed by atoms with Crippen LogP contribution in [0.4, 0.5) is 0 Å². The number of hydrogen-bond donors (Lipinski definition) is 1. The van der Waals surface area contributed by atoms with Crippen molar-refractivity contribution in [1.82, 2.24) is 0 Å². The maximum Gasteiger partial charge on any atom is 0.335 e. The highest BCUT2D eigenvalue weighted by molar-refractivity contribution is 5.87. The minimum atomic E-state index is -0.879. The van der Waals surface area contributed by atoms with E-state index in [1.54, 1.807) is 30.3 Å². The Labute approximate surface area is 142 Å². The molecule has 0 fully saturated rings. The molecule has 0 unspecified atom stereocenters. The SMILES string of the molecule is O=C(O)c1ccccc1.c1ccc(COCc2ccccc2)cc1. The van der Waals surface area contributed by atoms with Crippen LogP contribution in [-0.2, 0) is 18.0 Å². The van der Waals surface area contributed by atoms with Gasteiger partial charge >= 0.3 is 5.97 Å². The molecule has 0 aromatic heterocycles. The van der Waals surface area contributed by atoms with Gasteiger partial charge in [0.25, 0.3) is 0 Å². The topological polar surface area (TPSA) is 46.5 Å². The van der Waals surface area contributed by atoms with Crippen molar-refractivity contribution >= 4 is 5.97 Å². The van der Waals surface area contributed by atoms with Gasteiger partial charge in [0.1, 0.15) is 0 Å². The fourth-order valence-corrected chi connectivity index (χ4v) is 2.02. The molecular weight excluding hydrogens is 300 g/mol. The van der Waals surface area contributed by atoms with E-state index in [-0.39, 0.29) is 0 Å². The van der Waals surface area contributed by atoms with Gasteiger partial charge in [0, 0.05) is 0 Å². The summed E-state index contributed by atoms with van der Waals surface area (Å²) in [6.45, 7) is 1.35. The lowest BCUT2D eigenvalue weighted by Gasteiger charge is -2.03. The van der Waals surface area contributed by atoms with Crippen LogP contribution in [0.5, 0.6) is 0 Å². The number of hydrogen-bond acceptors (Lipinski definition) is 2. The van der Waals surface area contributed by atoms with Crippen molar-refractivity contribution in [3.05, 3.63) is 108 Å². The summed E-state index contributed by atoms with van der Waals surface area (Å²) >= 11 is 0. The zero-order valence-corrected chi connectivity index (χ0v) is 13.3. The van der Waals surface area contributed by atoms with Crippen LogP contribution in [0.2, 0.25) is 0 Å². The molecule has 0 bridgehead atoms. The summed E-state index contributed by atoms with van der Waals surface area (Å²) in [4.78, 5) is 10.2. The molecule has 0 aliphatic rings. The van der Waals surface area contributed by atoms with Crippen LogP contribution in [-0.4, -0.2) is 11.1 Å². The molecule has 3 aromatic rings. The fourth-order valence-electron chi connectivity index (χ4n) is 2.02. The van der Waals surface area contributed by atoms with Gasteiger partial charge in [-0.3, -0.25) is 0 Å². The van der Waals surface area contributed by atoms with Gasteiger partial charge in [-0.05, 0) is 23.3 Å². The molecule has 3 aromatic carbocycles. The number of carboxylic acids is 1. The Kier molecular flexibility index (Phi) is 7.25. The summed E-state index contributed by atoms with van der Waals surface area (Å²) in [6, 6.07) is 28.7. The first-order valence-corrected chi connectivity index (χ1v) is 7.69. The summed E-state index contributed by atoms with van der Waals surface area (Å²) in [7, 11) is 0. The van der Waals surface area contributed by atoms with Crippen molar-refractivity contribution in [2.24, 2.45) is 0 Å². The Morgan fingerprint density at radius 2 is 1.04 bits per heavy atom. The predicted molar refractivity (Wildman–Crippen MR) is 94.8 cm³/mol. The molecule has 0 saturated carbocycles. The number of carbonyl (C=O) groups is 1. The van der Waals surface area contributed by atoms with E-state index < -0.39 is 5.97 Å². The molecule has 0 heterocycles. The van der Waals surface area contributed by atoms with Crippen LogP contribution in [0.15, 0.2) is 91.0 Å². The van der Waals surface area contributed by atoms with Crippen molar-refractivity contribution < 1.29 is 14.6 Å². The maximum atomic E-state index is 10.2. The molecule has 1 N–H and O–H groups in total. The van der Waals surface area contributed by atoms with Crippen LogP contribution >= 0.6 is 0 Å². The lowest BCUT2D eigenvalue weighted by Crippen LogP contribution is -1.93. The van der Waals surface area contributed by atoms with Crippen LogP contribution in [0.25, 0.3) is 0 Å². The van der Waals surface area contributed by atoms with Crippen molar-refractivity contribution in [3.8, 4) is 0 Å². The minimum absolute atomic E-state index is 0.331. The number of benzene rings is 3. The third-order valence-corrected chi connectivity index (χ3v) is 3.24. The highest BCUT2D eigenvalue weighted by Crippen LogP contribution is 2.05. The van der Waals surface area contributed by atoms with E-state index in [9.17, 15) is 4.79 Å². The van der Waals surface area contributed by atoms with Crippen LogP contribution in [0, 0.1) is 0 Å². The fraction of sp³-hybridized carbons (Fsp3) is 0.0952. The van der Waals surface area contributed by atoms with Gasteiger partial charge in [0.15, 0.2) is 0 Å². The summed E-state index contributed by atoms with van der Waals surface area (Å²) < 4.78 is 5.61. The van der Waals surface area contributed by atoms with Crippen LogP contribution < -0.4 is 0 Å². The lowest BCUT2D eigenvalue weighted by molar-refractivity contribution is 0.0697. The molecule has 0 aliphatic carbocycles. The first-order valence-electron chi connectivity index (χ1n) is 7.69. The van der Waals surface area contributed by atoms with E-state index in [2.05, 4.69) is 24.3 Å². The van der Waals surface area contributed by atoms with E-state index in [1.165, 1.54) is 11.1 Å². The number of ether oxygens (including phenoxy) is 1. The van der Waals surface area contributed by atoms with Gasteiger partial charge in [-0.2, -0.15) is 0 Å². The second-order valence-corrected chi connectivity index (χ2v) is 5.14. The standard InChI is InChI=1S/C14H14O.C7H6O2/c1-3-7-13(8-4-1)11-15-12-14-9-5-2-6-10-14;8-7(9)6-4-2-1-3-5-6/h1-10H,11-12H2;1-5H,(H,8,9). The third-order valence-electron chi connectivity index (χ3n) is 3.24. The summed E-state index contributed by atoms with van der Waals surface area (Å²) in [6.07, 6.45) is 0. The largest absolute Gasteiger partial charge is 0.478 e. The molecule has 0 amide bonds. The van der Waals surface area contributed by atoms with Crippen molar-refractivity contribution in [2.75, 3.05) is 0 Å². The molecule has 0 spiro atoms. The van der Waals surface area contributed by atoms with E-state index in [1.807, 2.05) is 36.4 Å². The molecule has 0 saturated heterocycles. The van der Waals surface area contributed by atoms with Gasteiger partial charge in [0.05, 0.1) is 18.8 Å². The number of carboxylic acid groups (broad SMARTS) is 1. The number of rotatable bonds is 5. The second kappa shape index (κ2) is 9.98. The molecule has 0 aliphatic heterocycles. The normalized spacial score (nSPS) is 9.67. The number of aromatic carboxylic acids is 1. The van der Waals surface area contributed by atoms with Gasteiger partial charge in [-0.25, -0.2) is 4.79 Å². The molecular formula is C21H20O3.